The maximum absolute atomic E-state index is 4.32. The molecule has 0 aliphatic carbocycles. The summed E-state index contributed by atoms with van der Waals surface area (Å²) < 4.78 is 0. The van der Waals surface area contributed by atoms with Crippen molar-refractivity contribution in [1.82, 2.24) is 5.32 Å². The molecule has 0 unspecified atom stereocenters. The van der Waals surface area contributed by atoms with E-state index in [2.05, 4.69) is 31.1 Å². The zero-order valence-electron chi connectivity index (χ0n) is 7.94. The van der Waals surface area contributed by atoms with Gasteiger partial charge in [-0.3, -0.25) is 4.99 Å². The van der Waals surface area contributed by atoms with E-state index in [9.17, 15) is 0 Å². The van der Waals surface area contributed by atoms with Crippen LogP contribution in [0.15, 0.2) is 16.8 Å². The first-order chi connectivity index (χ1) is 5.26. The van der Waals surface area contributed by atoms with Crippen LogP contribution in [0.1, 0.15) is 27.2 Å². The van der Waals surface area contributed by atoms with E-state index in [4.69, 9.17) is 0 Å². The first kappa shape index (κ1) is 10.2. The van der Waals surface area contributed by atoms with Gasteiger partial charge in [-0.05, 0) is 25.8 Å². The Morgan fingerprint density at radius 2 is 2.09 bits per heavy atom. The Kier molecular flexibility index (Phi) is 5.53. The van der Waals surface area contributed by atoms with E-state index < -0.39 is 0 Å². The van der Waals surface area contributed by atoms with Crippen molar-refractivity contribution in [3.05, 3.63) is 11.8 Å². The van der Waals surface area contributed by atoms with Crippen molar-refractivity contribution in [3.63, 3.8) is 0 Å². The SMILES string of the molecule is CC/N=C(C)/C(=C\NC)CC. The number of allylic oxidation sites excluding steroid dienone is 1. The van der Waals surface area contributed by atoms with Gasteiger partial charge in [0.25, 0.3) is 0 Å². The highest BCUT2D eigenvalue weighted by Crippen LogP contribution is 2.01. The number of aliphatic imine (C=N–C) groups is 1. The number of hydrogen-bond donors (Lipinski definition) is 1. The van der Waals surface area contributed by atoms with Gasteiger partial charge in [-0.2, -0.15) is 0 Å². The first-order valence-electron chi connectivity index (χ1n) is 4.13. The minimum atomic E-state index is 0.868. The molecule has 0 aliphatic heterocycles. The normalized spacial score (nSPS) is 13.5. The predicted molar refractivity (Wildman–Crippen MR) is 51.1 cm³/mol. The Bertz CT molecular complexity index is 157. The van der Waals surface area contributed by atoms with Crippen molar-refractivity contribution in [2.24, 2.45) is 4.99 Å². The molecule has 0 bridgehead atoms. The van der Waals surface area contributed by atoms with Crippen molar-refractivity contribution < 1.29 is 0 Å². The van der Waals surface area contributed by atoms with Gasteiger partial charge in [0, 0.05) is 25.5 Å². The summed E-state index contributed by atoms with van der Waals surface area (Å²) in [5.74, 6) is 0. The van der Waals surface area contributed by atoms with Gasteiger partial charge in [-0.15, -0.1) is 0 Å². The van der Waals surface area contributed by atoms with E-state index in [1.165, 1.54) is 5.57 Å². The van der Waals surface area contributed by atoms with E-state index in [0.717, 1.165) is 18.7 Å². The zero-order valence-corrected chi connectivity index (χ0v) is 7.94. The van der Waals surface area contributed by atoms with Crippen LogP contribution in [-0.4, -0.2) is 19.3 Å². The van der Waals surface area contributed by atoms with Gasteiger partial charge < -0.3 is 5.32 Å². The monoisotopic (exact) mass is 154 g/mol. The molecule has 0 radical (unpaired) electrons. The molecule has 0 aromatic carbocycles. The molecular formula is C9H18N2. The molecule has 2 heteroatoms. The van der Waals surface area contributed by atoms with Gasteiger partial charge in [-0.25, -0.2) is 0 Å². The highest BCUT2D eigenvalue weighted by molar-refractivity contribution is 5.97. The van der Waals surface area contributed by atoms with Gasteiger partial charge in [-0.1, -0.05) is 6.92 Å². The number of nitrogens with one attached hydrogen (secondary N) is 1. The topological polar surface area (TPSA) is 24.4 Å². The average molecular weight is 154 g/mol. The van der Waals surface area contributed by atoms with Crippen LogP contribution in [0.25, 0.3) is 0 Å². The number of hydrogen-bond acceptors (Lipinski definition) is 2. The summed E-state index contributed by atoms with van der Waals surface area (Å²) in [6.07, 6.45) is 3.05. The van der Waals surface area contributed by atoms with Crippen LogP contribution in [0.3, 0.4) is 0 Å². The zero-order chi connectivity index (χ0) is 8.69. The van der Waals surface area contributed by atoms with E-state index in [-0.39, 0.29) is 0 Å². The molecule has 0 atom stereocenters. The smallest absolute Gasteiger partial charge is 0.0364 e. The average Bonchev–Trinajstić information content (AvgIpc) is 2.00. The molecule has 0 saturated heterocycles. The van der Waals surface area contributed by atoms with Gasteiger partial charge in [0.1, 0.15) is 0 Å². The second-order valence-electron chi connectivity index (χ2n) is 2.37. The fraction of sp³-hybridized carbons (Fsp3) is 0.667. The molecule has 0 saturated carbocycles. The molecule has 0 rings (SSSR count). The Hall–Kier alpha value is -0.790. The summed E-state index contributed by atoms with van der Waals surface area (Å²) in [5, 5.41) is 3.02. The molecule has 0 aliphatic rings. The highest BCUT2D eigenvalue weighted by Gasteiger charge is 1.95. The van der Waals surface area contributed by atoms with Crippen LogP contribution < -0.4 is 5.32 Å². The second kappa shape index (κ2) is 5.96. The Morgan fingerprint density at radius 3 is 2.45 bits per heavy atom. The largest absolute Gasteiger partial charge is 0.394 e. The molecule has 0 aromatic rings. The van der Waals surface area contributed by atoms with Gasteiger partial charge >= 0.3 is 0 Å². The molecule has 0 spiro atoms. The van der Waals surface area contributed by atoms with Crippen LogP contribution in [-0.2, 0) is 0 Å². The third-order valence-electron chi connectivity index (χ3n) is 1.56. The van der Waals surface area contributed by atoms with Crippen molar-refractivity contribution in [3.8, 4) is 0 Å². The van der Waals surface area contributed by atoms with E-state index in [1.54, 1.807) is 0 Å². The molecule has 11 heavy (non-hydrogen) atoms. The fourth-order valence-electron chi connectivity index (χ4n) is 0.975. The quantitative estimate of drug-likeness (QED) is 0.615. The minimum Gasteiger partial charge on any atom is -0.394 e. The summed E-state index contributed by atoms with van der Waals surface area (Å²) in [4.78, 5) is 4.32. The molecule has 0 fully saturated rings. The summed E-state index contributed by atoms with van der Waals surface area (Å²) in [6.45, 7) is 7.11. The summed E-state index contributed by atoms with van der Waals surface area (Å²) in [5.41, 5.74) is 2.43. The first-order valence-corrected chi connectivity index (χ1v) is 4.13. The van der Waals surface area contributed by atoms with Crippen LogP contribution in [0.4, 0.5) is 0 Å². The van der Waals surface area contributed by atoms with Crippen LogP contribution in [0.2, 0.25) is 0 Å². The molecule has 1 N–H and O–H groups in total. The fourth-order valence-corrected chi connectivity index (χ4v) is 0.975. The van der Waals surface area contributed by atoms with Gasteiger partial charge in [0.15, 0.2) is 0 Å². The van der Waals surface area contributed by atoms with Crippen molar-refractivity contribution >= 4 is 5.71 Å². The molecule has 2 nitrogen and oxygen atoms in total. The van der Waals surface area contributed by atoms with Gasteiger partial charge in [0.05, 0.1) is 0 Å². The van der Waals surface area contributed by atoms with E-state index in [1.807, 2.05) is 13.2 Å². The third kappa shape index (κ3) is 3.81. The molecule has 64 valence electrons. The van der Waals surface area contributed by atoms with Crippen LogP contribution >= 0.6 is 0 Å². The second-order valence-corrected chi connectivity index (χ2v) is 2.37. The number of rotatable bonds is 4. The van der Waals surface area contributed by atoms with Crippen molar-refractivity contribution in [1.29, 1.82) is 0 Å². The number of nitrogens with zero attached hydrogens (tertiary/aromatic N) is 1. The Morgan fingerprint density at radius 1 is 1.45 bits per heavy atom. The summed E-state index contributed by atoms with van der Waals surface area (Å²) >= 11 is 0. The lowest BCUT2D eigenvalue weighted by Gasteiger charge is -2.02. The Balaban J connectivity index is 4.25. The van der Waals surface area contributed by atoms with Crippen molar-refractivity contribution in [2.45, 2.75) is 27.2 Å². The van der Waals surface area contributed by atoms with Gasteiger partial charge in [0.2, 0.25) is 0 Å². The molecule has 0 heterocycles. The van der Waals surface area contributed by atoms with Crippen LogP contribution in [0, 0.1) is 0 Å². The lowest BCUT2D eigenvalue weighted by Crippen LogP contribution is -2.03. The Labute approximate surface area is 69.4 Å². The lowest BCUT2D eigenvalue weighted by atomic mass is 10.1. The van der Waals surface area contributed by atoms with E-state index >= 15 is 0 Å². The van der Waals surface area contributed by atoms with E-state index in [0.29, 0.717) is 0 Å². The van der Waals surface area contributed by atoms with Crippen LogP contribution in [0.5, 0.6) is 0 Å². The molecule has 0 aromatic heterocycles. The summed E-state index contributed by atoms with van der Waals surface area (Å²) in [7, 11) is 1.91. The van der Waals surface area contributed by atoms with Crippen molar-refractivity contribution in [2.75, 3.05) is 13.6 Å². The lowest BCUT2D eigenvalue weighted by molar-refractivity contribution is 1.04. The minimum absolute atomic E-state index is 0.868. The third-order valence-corrected chi connectivity index (χ3v) is 1.56. The highest BCUT2D eigenvalue weighted by atomic mass is 14.8. The maximum atomic E-state index is 4.32. The maximum Gasteiger partial charge on any atom is 0.0364 e. The summed E-state index contributed by atoms with van der Waals surface area (Å²) in [6, 6.07) is 0. The predicted octanol–water partition coefficient (Wildman–Crippen LogP) is 1.98. The standard InChI is InChI=1S/C9H18N2/c1-5-9(7-10-4)8(3)11-6-2/h7,10H,5-6H2,1-4H3/b9-7-,11-8+. The molecular weight excluding hydrogens is 136 g/mol. The molecule has 0 amide bonds.